The molecule has 0 unspecified atom stereocenters. The van der Waals surface area contributed by atoms with Crippen molar-refractivity contribution in [1.29, 1.82) is 0 Å². The molecule has 0 N–H and O–H groups in total. The van der Waals surface area contributed by atoms with Crippen LogP contribution >= 0.6 is 31.9 Å². The van der Waals surface area contributed by atoms with Crippen molar-refractivity contribution in [3.8, 4) is 0 Å². The van der Waals surface area contributed by atoms with Gasteiger partial charge in [-0.05, 0) is 51.6 Å². The van der Waals surface area contributed by atoms with Gasteiger partial charge in [-0.1, -0.05) is 25.7 Å². The minimum absolute atomic E-state index is 0.294. The lowest BCUT2D eigenvalue weighted by molar-refractivity contribution is -0.0626. The van der Waals surface area contributed by atoms with Crippen molar-refractivity contribution >= 4 is 31.9 Å². The zero-order valence-electron chi connectivity index (χ0n) is 10.6. The minimum Gasteiger partial charge on any atom is -0.367 e. The third kappa shape index (κ3) is 3.31. The van der Waals surface area contributed by atoms with Crippen LogP contribution in [0.25, 0.3) is 0 Å². The number of hydrogen-bond acceptors (Lipinski definition) is 3. The lowest BCUT2D eigenvalue weighted by Gasteiger charge is -2.31. The van der Waals surface area contributed by atoms with Crippen molar-refractivity contribution in [1.82, 2.24) is 9.97 Å². The van der Waals surface area contributed by atoms with Crippen molar-refractivity contribution in [2.75, 3.05) is 6.61 Å². The van der Waals surface area contributed by atoms with E-state index in [-0.39, 0.29) is 5.60 Å². The number of hydrogen-bond donors (Lipinski definition) is 0. The van der Waals surface area contributed by atoms with Crippen LogP contribution in [-0.4, -0.2) is 16.6 Å². The molecule has 1 fully saturated rings. The normalized spacial score (nSPS) is 19.5. The molecule has 1 aromatic heterocycles. The van der Waals surface area contributed by atoms with E-state index in [4.69, 9.17) is 4.74 Å². The number of aromatic nitrogens is 2. The van der Waals surface area contributed by atoms with Crippen molar-refractivity contribution in [2.45, 2.75) is 51.0 Å². The summed E-state index contributed by atoms with van der Waals surface area (Å²) in [5.74, 6) is 0.812. The smallest absolute Gasteiger partial charge is 0.162 e. The molecule has 1 aliphatic rings. The molecule has 1 aromatic rings. The van der Waals surface area contributed by atoms with E-state index in [1.165, 1.54) is 25.7 Å². The topological polar surface area (TPSA) is 35.0 Å². The molecule has 0 aromatic carbocycles. The number of rotatable bonds is 3. The summed E-state index contributed by atoms with van der Waals surface area (Å²) in [7, 11) is 0. The lowest BCUT2D eigenvalue weighted by atomic mass is 9.93. The van der Waals surface area contributed by atoms with Crippen molar-refractivity contribution in [3.63, 3.8) is 0 Å². The molecule has 1 aliphatic carbocycles. The van der Waals surface area contributed by atoms with Gasteiger partial charge >= 0.3 is 0 Å². The number of ether oxygens (including phenoxy) is 1. The Kier molecular flexibility index (Phi) is 5.15. The monoisotopic (exact) mass is 376 g/mol. The maximum absolute atomic E-state index is 6.08. The molecule has 100 valence electrons. The summed E-state index contributed by atoms with van der Waals surface area (Å²) in [5, 5.41) is 0. The van der Waals surface area contributed by atoms with E-state index < -0.39 is 0 Å². The van der Waals surface area contributed by atoms with E-state index in [1.807, 2.05) is 13.0 Å². The summed E-state index contributed by atoms with van der Waals surface area (Å²) < 4.78 is 7.70. The van der Waals surface area contributed by atoms with Crippen molar-refractivity contribution in [3.05, 3.63) is 21.1 Å². The lowest BCUT2D eigenvalue weighted by Crippen LogP contribution is -2.32. The van der Waals surface area contributed by atoms with Gasteiger partial charge in [0.25, 0.3) is 0 Å². The molecule has 3 nitrogen and oxygen atoms in total. The second-order valence-electron chi connectivity index (χ2n) is 4.68. The fraction of sp³-hybridized carbons (Fsp3) is 0.692. The molecule has 5 heteroatoms. The Bertz CT molecular complexity index is 384. The number of halogens is 2. The van der Waals surface area contributed by atoms with Gasteiger partial charge in [-0.2, -0.15) is 0 Å². The molecule has 1 saturated carbocycles. The first-order valence-electron chi connectivity index (χ1n) is 6.51. The summed E-state index contributed by atoms with van der Waals surface area (Å²) in [6, 6.07) is 1.86. The van der Waals surface area contributed by atoms with Gasteiger partial charge in [0.2, 0.25) is 0 Å². The van der Waals surface area contributed by atoms with Crippen LogP contribution in [0.1, 0.15) is 51.3 Å². The Morgan fingerprint density at radius 1 is 1.11 bits per heavy atom. The Balaban J connectivity index is 2.37. The molecule has 0 radical (unpaired) electrons. The Labute approximate surface area is 125 Å². The van der Waals surface area contributed by atoms with Gasteiger partial charge in [0, 0.05) is 12.7 Å². The summed E-state index contributed by atoms with van der Waals surface area (Å²) in [5.41, 5.74) is -0.294. The van der Waals surface area contributed by atoms with Gasteiger partial charge in [-0.3, -0.25) is 0 Å². The largest absolute Gasteiger partial charge is 0.367 e. The standard InChI is InChI=1S/C13H18Br2N2O/c1-2-18-13(7-5-3-4-6-8-13)12-16-10(14)9-11(15)17-12/h9H,2-8H2,1H3. The van der Waals surface area contributed by atoms with Crippen LogP contribution in [0.15, 0.2) is 15.3 Å². The molecule has 18 heavy (non-hydrogen) atoms. The first-order chi connectivity index (χ1) is 8.66. The van der Waals surface area contributed by atoms with E-state index in [1.54, 1.807) is 0 Å². The molecular weight excluding hydrogens is 360 g/mol. The maximum atomic E-state index is 6.08. The summed E-state index contributed by atoms with van der Waals surface area (Å²) in [4.78, 5) is 9.08. The van der Waals surface area contributed by atoms with Crippen LogP contribution in [0, 0.1) is 0 Å². The quantitative estimate of drug-likeness (QED) is 0.570. The molecular formula is C13H18Br2N2O. The molecule has 2 rings (SSSR count). The van der Waals surface area contributed by atoms with E-state index in [0.29, 0.717) is 6.61 Å². The molecule has 1 heterocycles. The predicted octanol–water partition coefficient (Wildman–Crippen LogP) is 4.59. The Morgan fingerprint density at radius 3 is 2.17 bits per heavy atom. The average Bonchev–Trinajstić information content (AvgIpc) is 2.55. The van der Waals surface area contributed by atoms with Gasteiger partial charge < -0.3 is 4.74 Å². The highest BCUT2D eigenvalue weighted by Gasteiger charge is 2.36. The first-order valence-corrected chi connectivity index (χ1v) is 8.09. The summed E-state index contributed by atoms with van der Waals surface area (Å²) in [6.07, 6.45) is 6.97. The minimum atomic E-state index is -0.294. The van der Waals surface area contributed by atoms with E-state index in [9.17, 15) is 0 Å². The third-order valence-electron chi connectivity index (χ3n) is 3.40. The molecule has 0 spiro atoms. The van der Waals surface area contributed by atoms with Crippen LogP contribution < -0.4 is 0 Å². The SMILES string of the molecule is CCOC1(c2nc(Br)cc(Br)n2)CCCCCC1. The van der Waals surface area contributed by atoms with Gasteiger partial charge in [-0.15, -0.1) is 0 Å². The molecule has 0 amide bonds. The van der Waals surface area contributed by atoms with Crippen LogP contribution in [0.2, 0.25) is 0 Å². The second-order valence-corrected chi connectivity index (χ2v) is 6.30. The summed E-state index contributed by atoms with van der Waals surface area (Å²) >= 11 is 6.88. The summed E-state index contributed by atoms with van der Waals surface area (Å²) in [6.45, 7) is 2.74. The average molecular weight is 378 g/mol. The van der Waals surface area contributed by atoms with Gasteiger partial charge in [0.15, 0.2) is 5.82 Å². The highest BCUT2D eigenvalue weighted by atomic mass is 79.9. The third-order valence-corrected chi connectivity index (χ3v) is 4.22. The van der Waals surface area contributed by atoms with Gasteiger partial charge in [-0.25, -0.2) is 9.97 Å². The van der Waals surface area contributed by atoms with Crippen LogP contribution in [0.4, 0.5) is 0 Å². The molecule has 0 bridgehead atoms. The van der Waals surface area contributed by atoms with E-state index in [0.717, 1.165) is 27.9 Å². The fourth-order valence-corrected chi connectivity index (χ4v) is 3.68. The molecule has 0 aliphatic heterocycles. The maximum Gasteiger partial charge on any atom is 0.162 e. The van der Waals surface area contributed by atoms with Gasteiger partial charge in [0.1, 0.15) is 14.8 Å². The van der Waals surface area contributed by atoms with Crippen LogP contribution in [0.5, 0.6) is 0 Å². The first kappa shape index (κ1) is 14.4. The molecule has 0 atom stereocenters. The van der Waals surface area contributed by atoms with Gasteiger partial charge in [0.05, 0.1) is 0 Å². The zero-order valence-corrected chi connectivity index (χ0v) is 13.8. The van der Waals surface area contributed by atoms with E-state index in [2.05, 4.69) is 41.8 Å². The van der Waals surface area contributed by atoms with Crippen LogP contribution in [0.3, 0.4) is 0 Å². The van der Waals surface area contributed by atoms with Crippen molar-refractivity contribution < 1.29 is 4.74 Å². The highest BCUT2D eigenvalue weighted by Crippen LogP contribution is 2.38. The van der Waals surface area contributed by atoms with Crippen molar-refractivity contribution in [2.24, 2.45) is 0 Å². The Hall–Kier alpha value is -0.0000000000000000555. The van der Waals surface area contributed by atoms with Crippen LogP contribution in [-0.2, 0) is 10.3 Å². The number of nitrogens with zero attached hydrogens (tertiary/aromatic N) is 2. The zero-order chi connectivity index (χ0) is 13.0. The second kappa shape index (κ2) is 6.44. The van der Waals surface area contributed by atoms with E-state index >= 15 is 0 Å². The fourth-order valence-electron chi connectivity index (χ4n) is 2.60. The Morgan fingerprint density at radius 2 is 1.67 bits per heavy atom. The highest BCUT2D eigenvalue weighted by molar-refractivity contribution is 9.11. The molecule has 0 saturated heterocycles. The predicted molar refractivity (Wildman–Crippen MR) is 78.4 cm³/mol.